The molecule has 1 heterocycles. The van der Waals surface area contributed by atoms with E-state index in [4.69, 9.17) is 24.0 Å². The van der Waals surface area contributed by atoms with Gasteiger partial charge in [0.1, 0.15) is 0 Å². The van der Waals surface area contributed by atoms with Gasteiger partial charge in [0.25, 0.3) is 0 Å². The lowest BCUT2D eigenvalue weighted by Gasteiger charge is -2.27. The molecule has 0 saturated carbocycles. The SMILES string of the molecule is COc1cccc(C=CC2=NN(c3ccc(C(C)(C)C)cc3)C(c3cccc(OC)c3OC)C2)c1OC. The Morgan fingerprint density at radius 3 is 1.97 bits per heavy atom. The van der Waals surface area contributed by atoms with Crippen molar-refractivity contribution in [3.8, 4) is 23.0 Å². The molecule has 0 fully saturated rings. The first kappa shape index (κ1) is 26.1. The molecule has 3 aromatic carbocycles. The zero-order valence-electron chi connectivity index (χ0n) is 22.7. The van der Waals surface area contributed by atoms with Crippen LogP contribution in [0.5, 0.6) is 23.0 Å². The van der Waals surface area contributed by atoms with Crippen LogP contribution in [0.4, 0.5) is 5.69 Å². The van der Waals surface area contributed by atoms with Gasteiger partial charge in [-0.15, -0.1) is 0 Å². The number of hydrogen-bond acceptors (Lipinski definition) is 6. The fourth-order valence-electron chi connectivity index (χ4n) is 4.63. The number of anilines is 1. The van der Waals surface area contributed by atoms with Crippen LogP contribution in [0.15, 0.2) is 71.8 Å². The topological polar surface area (TPSA) is 52.5 Å². The van der Waals surface area contributed by atoms with Crippen molar-refractivity contribution in [3.63, 3.8) is 0 Å². The molecule has 37 heavy (non-hydrogen) atoms. The highest BCUT2D eigenvalue weighted by molar-refractivity contribution is 6.01. The number of nitrogens with zero attached hydrogens (tertiary/aromatic N) is 2. The van der Waals surface area contributed by atoms with Crippen molar-refractivity contribution in [1.29, 1.82) is 0 Å². The van der Waals surface area contributed by atoms with E-state index in [9.17, 15) is 0 Å². The molecule has 0 N–H and O–H groups in total. The average Bonchev–Trinajstić information content (AvgIpc) is 3.34. The molecule has 4 rings (SSSR count). The van der Waals surface area contributed by atoms with Gasteiger partial charge in [0.05, 0.1) is 45.9 Å². The summed E-state index contributed by atoms with van der Waals surface area (Å²) >= 11 is 0. The monoisotopic (exact) mass is 500 g/mol. The summed E-state index contributed by atoms with van der Waals surface area (Å²) in [5.74, 6) is 2.81. The van der Waals surface area contributed by atoms with Crippen LogP contribution in [0, 0.1) is 0 Å². The Morgan fingerprint density at radius 2 is 1.38 bits per heavy atom. The molecular formula is C31H36N2O4. The minimum atomic E-state index is -0.0580. The molecule has 3 aromatic rings. The fourth-order valence-corrected chi connectivity index (χ4v) is 4.63. The summed E-state index contributed by atoms with van der Waals surface area (Å²) in [6.45, 7) is 6.65. The van der Waals surface area contributed by atoms with Crippen molar-refractivity contribution in [3.05, 3.63) is 83.4 Å². The first-order valence-corrected chi connectivity index (χ1v) is 12.4. The third-order valence-corrected chi connectivity index (χ3v) is 6.61. The highest BCUT2D eigenvalue weighted by atomic mass is 16.5. The van der Waals surface area contributed by atoms with Gasteiger partial charge < -0.3 is 18.9 Å². The van der Waals surface area contributed by atoms with Gasteiger partial charge in [-0.05, 0) is 47.4 Å². The zero-order chi connectivity index (χ0) is 26.6. The van der Waals surface area contributed by atoms with Crippen molar-refractivity contribution in [1.82, 2.24) is 0 Å². The van der Waals surface area contributed by atoms with Crippen LogP contribution in [-0.2, 0) is 5.41 Å². The number of allylic oxidation sites excluding steroid dienone is 1. The summed E-state index contributed by atoms with van der Waals surface area (Å²) in [7, 11) is 6.62. The lowest BCUT2D eigenvalue weighted by Crippen LogP contribution is -2.20. The summed E-state index contributed by atoms with van der Waals surface area (Å²) in [5.41, 5.74) is 5.26. The fraction of sp³-hybridized carbons (Fsp3) is 0.323. The van der Waals surface area contributed by atoms with Crippen molar-refractivity contribution < 1.29 is 18.9 Å². The number of hydrazone groups is 1. The normalized spacial score (nSPS) is 15.6. The number of hydrogen-bond donors (Lipinski definition) is 0. The molecular weight excluding hydrogens is 464 g/mol. The van der Waals surface area contributed by atoms with Crippen molar-refractivity contribution in [2.75, 3.05) is 33.4 Å². The van der Waals surface area contributed by atoms with E-state index in [1.54, 1.807) is 28.4 Å². The van der Waals surface area contributed by atoms with Crippen molar-refractivity contribution in [2.45, 2.75) is 38.6 Å². The Morgan fingerprint density at radius 1 is 0.757 bits per heavy atom. The molecule has 1 atom stereocenters. The Balaban J connectivity index is 1.75. The summed E-state index contributed by atoms with van der Waals surface area (Å²) in [6.07, 6.45) is 4.76. The van der Waals surface area contributed by atoms with Gasteiger partial charge >= 0.3 is 0 Å². The summed E-state index contributed by atoms with van der Waals surface area (Å²) in [5, 5.41) is 7.12. The van der Waals surface area contributed by atoms with E-state index in [0.29, 0.717) is 23.7 Å². The summed E-state index contributed by atoms with van der Waals surface area (Å²) in [6, 6.07) is 20.4. The molecule has 0 amide bonds. The molecule has 6 heteroatoms. The number of para-hydroxylation sites is 2. The highest BCUT2D eigenvalue weighted by Gasteiger charge is 2.32. The maximum absolute atomic E-state index is 5.80. The number of benzene rings is 3. The van der Waals surface area contributed by atoms with Crippen molar-refractivity contribution in [2.24, 2.45) is 5.10 Å². The van der Waals surface area contributed by atoms with Gasteiger partial charge in [0, 0.05) is 17.5 Å². The molecule has 1 unspecified atom stereocenters. The average molecular weight is 501 g/mol. The Labute approximate surface area is 220 Å². The predicted molar refractivity (Wildman–Crippen MR) is 151 cm³/mol. The van der Waals surface area contributed by atoms with E-state index < -0.39 is 0 Å². The van der Waals surface area contributed by atoms with E-state index in [-0.39, 0.29) is 11.5 Å². The molecule has 1 aliphatic rings. The van der Waals surface area contributed by atoms with E-state index in [1.807, 2.05) is 42.5 Å². The quantitative estimate of drug-likeness (QED) is 0.332. The molecule has 0 spiro atoms. The second-order valence-electron chi connectivity index (χ2n) is 9.95. The highest BCUT2D eigenvalue weighted by Crippen LogP contribution is 2.43. The molecule has 0 aromatic heterocycles. The molecule has 6 nitrogen and oxygen atoms in total. The minimum absolute atomic E-state index is 0.0580. The maximum atomic E-state index is 5.80. The van der Waals surface area contributed by atoms with Crippen LogP contribution in [0.25, 0.3) is 6.08 Å². The van der Waals surface area contributed by atoms with Gasteiger partial charge in [-0.1, -0.05) is 57.2 Å². The first-order chi connectivity index (χ1) is 17.8. The molecule has 0 saturated heterocycles. The summed E-state index contributed by atoms with van der Waals surface area (Å²) < 4.78 is 22.4. The molecule has 0 radical (unpaired) electrons. The zero-order valence-corrected chi connectivity index (χ0v) is 22.7. The molecule has 194 valence electrons. The van der Waals surface area contributed by atoms with E-state index in [2.05, 4.69) is 56.1 Å². The van der Waals surface area contributed by atoms with E-state index in [1.165, 1.54) is 5.56 Å². The van der Waals surface area contributed by atoms with Gasteiger partial charge in [0.2, 0.25) is 0 Å². The largest absolute Gasteiger partial charge is 0.493 e. The van der Waals surface area contributed by atoms with Crippen LogP contribution >= 0.6 is 0 Å². The smallest absolute Gasteiger partial charge is 0.167 e. The van der Waals surface area contributed by atoms with Gasteiger partial charge in [0.15, 0.2) is 23.0 Å². The van der Waals surface area contributed by atoms with Gasteiger partial charge in [-0.25, -0.2) is 0 Å². The van der Waals surface area contributed by atoms with Crippen LogP contribution in [-0.4, -0.2) is 34.2 Å². The molecule has 0 bridgehead atoms. The van der Waals surface area contributed by atoms with Gasteiger partial charge in [-0.3, -0.25) is 5.01 Å². The van der Waals surface area contributed by atoms with Crippen LogP contribution in [0.1, 0.15) is 49.9 Å². The van der Waals surface area contributed by atoms with E-state index in [0.717, 1.165) is 28.3 Å². The standard InChI is InChI=1S/C31H36N2O4/c1-31(2,3)22-15-18-24(19-16-22)33-26(25-11-9-13-28(35-5)30(25)37-7)20-23(32-33)17-14-21-10-8-12-27(34-4)29(21)36-6/h8-19,26H,20H2,1-7H3. The molecule has 0 aliphatic carbocycles. The lowest BCUT2D eigenvalue weighted by atomic mass is 9.87. The third-order valence-electron chi connectivity index (χ3n) is 6.61. The second kappa shape index (κ2) is 11.0. The van der Waals surface area contributed by atoms with Crippen LogP contribution in [0.3, 0.4) is 0 Å². The molecule has 1 aliphatic heterocycles. The minimum Gasteiger partial charge on any atom is -0.493 e. The number of methoxy groups -OCH3 is 4. The van der Waals surface area contributed by atoms with Crippen LogP contribution < -0.4 is 24.0 Å². The van der Waals surface area contributed by atoms with E-state index >= 15 is 0 Å². The Kier molecular flexibility index (Phi) is 7.77. The maximum Gasteiger partial charge on any atom is 0.167 e. The first-order valence-electron chi connectivity index (χ1n) is 12.4. The second-order valence-corrected chi connectivity index (χ2v) is 9.95. The van der Waals surface area contributed by atoms with Crippen LogP contribution in [0.2, 0.25) is 0 Å². The Bertz CT molecular complexity index is 1290. The number of ether oxygens (including phenoxy) is 4. The van der Waals surface area contributed by atoms with Crippen molar-refractivity contribution >= 4 is 17.5 Å². The third kappa shape index (κ3) is 5.43. The summed E-state index contributed by atoms with van der Waals surface area (Å²) in [4.78, 5) is 0. The Hall–Kier alpha value is -3.93. The number of rotatable bonds is 8. The predicted octanol–water partition coefficient (Wildman–Crippen LogP) is 7.04. The lowest BCUT2D eigenvalue weighted by molar-refractivity contribution is 0.349. The van der Waals surface area contributed by atoms with Gasteiger partial charge in [-0.2, -0.15) is 5.10 Å².